The molecule has 0 atom stereocenters. The van der Waals surface area contributed by atoms with Gasteiger partial charge in [-0.15, -0.1) is 0 Å². The molecule has 22 heavy (non-hydrogen) atoms. The first-order valence-electron chi connectivity index (χ1n) is 6.56. The van der Waals surface area contributed by atoms with Crippen molar-refractivity contribution in [2.45, 2.75) is 13.8 Å². The lowest BCUT2D eigenvalue weighted by molar-refractivity contribution is -0.114. The van der Waals surface area contributed by atoms with Crippen LogP contribution in [0.5, 0.6) is 0 Å². The highest BCUT2D eigenvalue weighted by molar-refractivity contribution is 6.02. The molecule has 0 aliphatic heterocycles. The molecule has 1 aromatic heterocycles. The molecule has 1 aromatic carbocycles. The molecule has 2 rings (SSSR count). The number of nitrogens with one attached hydrogen (secondary N) is 2. The van der Waals surface area contributed by atoms with E-state index in [9.17, 15) is 14.0 Å². The monoisotopic (exact) mass is 302 g/mol. The van der Waals surface area contributed by atoms with Gasteiger partial charge in [-0.05, 0) is 43.3 Å². The first kappa shape index (κ1) is 15.5. The van der Waals surface area contributed by atoms with Gasteiger partial charge in [0, 0.05) is 18.7 Å². The molecular weight excluding hydrogens is 287 g/mol. The second-order valence-corrected chi connectivity index (χ2v) is 4.65. The van der Waals surface area contributed by atoms with Crippen molar-refractivity contribution in [1.29, 1.82) is 0 Å². The second kappa shape index (κ2) is 6.71. The van der Waals surface area contributed by atoms with E-state index in [1.165, 1.54) is 37.3 Å². The normalized spacial score (nSPS) is 10.7. The molecule has 0 bridgehead atoms. The Morgan fingerprint density at radius 2 is 1.95 bits per heavy atom. The molecule has 0 spiro atoms. The average Bonchev–Trinajstić information content (AvgIpc) is 2.85. The number of benzene rings is 1. The lowest BCUT2D eigenvalue weighted by Gasteiger charge is -2.07. The van der Waals surface area contributed by atoms with Crippen LogP contribution in [0.1, 0.15) is 18.4 Å². The average molecular weight is 302 g/mol. The fraction of sp³-hybridized carbons (Fsp3) is 0.125. The highest BCUT2D eigenvalue weighted by Gasteiger charge is 2.06. The number of halogens is 1. The molecule has 2 N–H and O–H groups in total. The Bertz CT molecular complexity index is 735. The van der Waals surface area contributed by atoms with Crippen LogP contribution in [0.25, 0.3) is 6.08 Å². The van der Waals surface area contributed by atoms with Crippen molar-refractivity contribution >= 4 is 29.3 Å². The maximum Gasteiger partial charge on any atom is 0.248 e. The maximum absolute atomic E-state index is 13.5. The van der Waals surface area contributed by atoms with Gasteiger partial charge in [0.05, 0.1) is 5.69 Å². The lowest BCUT2D eigenvalue weighted by Crippen LogP contribution is -2.10. The largest absolute Gasteiger partial charge is 0.462 e. The predicted molar refractivity (Wildman–Crippen MR) is 81.8 cm³/mol. The molecule has 0 saturated carbocycles. The smallest absolute Gasteiger partial charge is 0.248 e. The van der Waals surface area contributed by atoms with Crippen LogP contribution in [0.15, 0.2) is 40.8 Å². The van der Waals surface area contributed by atoms with Gasteiger partial charge >= 0.3 is 0 Å². The van der Waals surface area contributed by atoms with E-state index >= 15 is 0 Å². The molecule has 0 radical (unpaired) electrons. The summed E-state index contributed by atoms with van der Waals surface area (Å²) >= 11 is 0. The fourth-order valence-corrected chi connectivity index (χ4v) is 1.77. The summed E-state index contributed by atoms with van der Waals surface area (Å²) in [5.74, 6) is -0.0519. The van der Waals surface area contributed by atoms with Crippen molar-refractivity contribution < 1.29 is 18.4 Å². The molecule has 0 saturated heterocycles. The Balaban J connectivity index is 2.05. The molecule has 0 unspecified atom stereocenters. The van der Waals surface area contributed by atoms with Crippen molar-refractivity contribution in [3.05, 3.63) is 53.7 Å². The third-order valence-electron chi connectivity index (χ3n) is 2.70. The van der Waals surface area contributed by atoms with Crippen molar-refractivity contribution in [1.82, 2.24) is 0 Å². The summed E-state index contributed by atoms with van der Waals surface area (Å²) < 4.78 is 18.8. The van der Waals surface area contributed by atoms with Gasteiger partial charge in [-0.25, -0.2) is 4.39 Å². The third kappa shape index (κ3) is 4.31. The van der Waals surface area contributed by atoms with E-state index in [0.29, 0.717) is 11.4 Å². The Hall–Kier alpha value is -2.89. The van der Waals surface area contributed by atoms with Gasteiger partial charge in [-0.2, -0.15) is 0 Å². The van der Waals surface area contributed by atoms with E-state index in [4.69, 9.17) is 4.42 Å². The molecular formula is C16H15FN2O3. The molecule has 6 heteroatoms. The maximum atomic E-state index is 13.5. The van der Waals surface area contributed by atoms with Gasteiger partial charge in [0.2, 0.25) is 11.8 Å². The standard InChI is InChI=1S/C16H15FN2O3/c1-10-3-5-13(22-10)6-8-16(21)19-12-4-7-14(17)15(9-12)18-11(2)20/h3-9H,1-2H3,(H,18,20)(H,19,21)/b8-6+. The highest BCUT2D eigenvalue weighted by atomic mass is 19.1. The summed E-state index contributed by atoms with van der Waals surface area (Å²) in [5.41, 5.74) is 0.381. The first-order valence-corrected chi connectivity index (χ1v) is 6.56. The molecule has 1 heterocycles. The van der Waals surface area contributed by atoms with Gasteiger partial charge in [-0.1, -0.05) is 0 Å². The van der Waals surface area contributed by atoms with Crippen LogP contribution >= 0.6 is 0 Å². The van der Waals surface area contributed by atoms with Crippen LogP contribution in [0.4, 0.5) is 15.8 Å². The van der Waals surface area contributed by atoms with Gasteiger partial charge in [0.15, 0.2) is 0 Å². The minimum absolute atomic E-state index is 0.0101. The number of furan rings is 1. The molecule has 0 aliphatic carbocycles. The zero-order valence-corrected chi connectivity index (χ0v) is 12.1. The number of aryl methyl sites for hydroxylation is 1. The molecule has 0 aliphatic rings. The third-order valence-corrected chi connectivity index (χ3v) is 2.70. The van der Waals surface area contributed by atoms with Crippen molar-refractivity contribution in [3.63, 3.8) is 0 Å². The van der Waals surface area contributed by atoms with Crippen LogP contribution in [0.2, 0.25) is 0 Å². The Morgan fingerprint density at radius 3 is 2.59 bits per heavy atom. The summed E-state index contributed by atoms with van der Waals surface area (Å²) in [5, 5.41) is 4.92. The Morgan fingerprint density at radius 1 is 1.18 bits per heavy atom. The summed E-state index contributed by atoms with van der Waals surface area (Å²) in [7, 11) is 0. The number of amides is 2. The molecule has 0 fully saturated rings. The molecule has 114 valence electrons. The number of hydrogen-bond donors (Lipinski definition) is 2. The summed E-state index contributed by atoms with van der Waals surface area (Å²) in [6, 6.07) is 7.45. The minimum atomic E-state index is -0.574. The zero-order chi connectivity index (χ0) is 16.1. The van der Waals surface area contributed by atoms with Crippen molar-refractivity contribution in [2.75, 3.05) is 10.6 Å². The highest BCUT2D eigenvalue weighted by Crippen LogP contribution is 2.19. The number of hydrogen-bond acceptors (Lipinski definition) is 3. The van der Waals surface area contributed by atoms with Gasteiger partial charge in [0.25, 0.3) is 0 Å². The number of carbonyl (C=O) groups is 2. The fourth-order valence-electron chi connectivity index (χ4n) is 1.77. The van der Waals surface area contributed by atoms with E-state index < -0.39 is 17.6 Å². The predicted octanol–water partition coefficient (Wildman–Crippen LogP) is 3.34. The van der Waals surface area contributed by atoms with Crippen LogP contribution in [-0.4, -0.2) is 11.8 Å². The van der Waals surface area contributed by atoms with Crippen LogP contribution < -0.4 is 10.6 Å². The summed E-state index contributed by atoms with van der Waals surface area (Å²) in [6.07, 6.45) is 2.83. The summed E-state index contributed by atoms with van der Waals surface area (Å²) in [6.45, 7) is 3.08. The zero-order valence-electron chi connectivity index (χ0n) is 12.1. The second-order valence-electron chi connectivity index (χ2n) is 4.65. The number of anilines is 2. The van der Waals surface area contributed by atoms with E-state index in [1.807, 2.05) is 0 Å². The van der Waals surface area contributed by atoms with Crippen LogP contribution in [0.3, 0.4) is 0 Å². The van der Waals surface area contributed by atoms with E-state index in [1.54, 1.807) is 19.1 Å². The van der Waals surface area contributed by atoms with E-state index in [2.05, 4.69) is 10.6 Å². The van der Waals surface area contributed by atoms with Gasteiger partial charge in [0.1, 0.15) is 17.3 Å². The minimum Gasteiger partial charge on any atom is -0.462 e. The van der Waals surface area contributed by atoms with Crippen molar-refractivity contribution in [3.8, 4) is 0 Å². The Kier molecular flexibility index (Phi) is 4.73. The lowest BCUT2D eigenvalue weighted by atomic mass is 10.2. The quantitative estimate of drug-likeness (QED) is 0.851. The number of carbonyl (C=O) groups excluding carboxylic acids is 2. The first-order chi connectivity index (χ1) is 10.4. The summed E-state index contributed by atoms with van der Waals surface area (Å²) in [4.78, 5) is 22.8. The van der Waals surface area contributed by atoms with E-state index in [0.717, 1.165) is 5.76 Å². The molecule has 2 amide bonds. The van der Waals surface area contributed by atoms with Crippen LogP contribution in [-0.2, 0) is 9.59 Å². The number of rotatable bonds is 4. The topological polar surface area (TPSA) is 71.3 Å². The molecule has 2 aromatic rings. The molecule has 5 nitrogen and oxygen atoms in total. The Labute approximate surface area is 126 Å². The van der Waals surface area contributed by atoms with E-state index in [-0.39, 0.29) is 5.69 Å². The van der Waals surface area contributed by atoms with Gasteiger partial charge < -0.3 is 15.1 Å². The van der Waals surface area contributed by atoms with Crippen LogP contribution in [0, 0.1) is 12.7 Å². The SMILES string of the molecule is CC(=O)Nc1cc(NC(=O)/C=C/c2ccc(C)o2)ccc1F. The van der Waals surface area contributed by atoms with Gasteiger partial charge in [-0.3, -0.25) is 9.59 Å². The van der Waals surface area contributed by atoms with Crippen molar-refractivity contribution in [2.24, 2.45) is 0 Å².